The van der Waals surface area contributed by atoms with Gasteiger partial charge in [0.1, 0.15) is 6.67 Å². The summed E-state index contributed by atoms with van der Waals surface area (Å²) in [6.07, 6.45) is 5.24. The summed E-state index contributed by atoms with van der Waals surface area (Å²) < 4.78 is 12.7. The molecule has 4 aliphatic heterocycles. The standard InChI is InChI=1S/C15H28FN3/c1-12(8-16)18-6-4-14(5-7-18)19-11-13-2-3-15(19)10-17-9-13/h12-15,17H,2-11H2,1H3. The molecule has 4 heterocycles. The molecule has 0 aliphatic carbocycles. The first-order chi connectivity index (χ1) is 9.28. The third-order valence-electron chi connectivity index (χ3n) is 5.47. The van der Waals surface area contributed by atoms with Gasteiger partial charge in [-0.1, -0.05) is 0 Å². The third kappa shape index (κ3) is 2.96. The van der Waals surface area contributed by atoms with Gasteiger partial charge in [0.05, 0.1) is 0 Å². The van der Waals surface area contributed by atoms with Crippen LogP contribution in [0, 0.1) is 5.92 Å². The summed E-state index contributed by atoms with van der Waals surface area (Å²) in [5.41, 5.74) is 0. The summed E-state index contributed by atoms with van der Waals surface area (Å²) in [5.74, 6) is 0.863. The van der Waals surface area contributed by atoms with Gasteiger partial charge in [-0.25, -0.2) is 4.39 Å². The Hall–Kier alpha value is -0.190. The number of nitrogens with zero attached hydrogens (tertiary/aromatic N) is 2. The second-order valence-electron chi connectivity index (χ2n) is 6.72. The lowest BCUT2D eigenvalue weighted by atomic mass is 9.90. The highest BCUT2D eigenvalue weighted by molar-refractivity contribution is 4.93. The van der Waals surface area contributed by atoms with Gasteiger partial charge in [-0.15, -0.1) is 0 Å². The highest BCUT2D eigenvalue weighted by Gasteiger charge is 2.36. The maximum Gasteiger partial charge on any atom is 0.105 e. The van der Waals surface area contributed by atoms with Gasteiger partial charge in [0.2, 0.25) is 0 Å². The minimum absolute atomic E-state index is 0.114. The zero-order valence-electron chi connectivity index (χ0n) is 12.2. The van der Waals surface area contributed by atoms with Crippen LogP contribution in [0.4, 0.5) is 4.39 Å². The monoisotopic (exact) mass is 269 g/mol. The predicted octanol–water partition coefficient (Wildman–Crippen LogP) is 1.49. The minimum Gasteiger partial charge on any atom is -0.315 e. The van der Waals surface area contributed by atoms with Crippen LogP contribution in [0.5, 0.6) is 0 Å². The van der Waals surface area contributed by atoms with Crippen LogP contribution in [-0.4, -0.2) is 67.3 Å². The van der Waals surface area contributed by atoms with Crippen molar-refractivity contribution in [2.75, 3.05) is 39.4 Å². The van der Waals surface area contributed by atoms with Gasteiger partial charge in [-0.05, 0) is 45.1 Å². The smallest absolute Gasteiger partial charge is 0.105 e. The minimum atomic E-state index is -0.205. The molecule has 4 saturated heterocycles. The first kappa shape index (κ1) is 13.8. The number of likely N-dealkylation sites (tertiary alicyclic amines) is 1. The number of hydrogen-bond donors (Lipinski definition) is 1. The highest BCUT2D eigenvalue weighted by atomic mass is 19.1. The first-order valence-corrected chi connectivity index (χ1v) is 8.04. The van der Waals surface area contributed by atoms with E-state index in [1.807, 2.05) is 6.92 Å². The average molecular weight is 269 g/mol. The fourth-order valence-corrected chi connectivity index (χ4v) is 4.18. The van der Waals surface area contributed by atoms with Gasteiger partial charge >= 0.3 is 0 Å². The Morgan fingerprint density at radius 2 is 1.89 bits per heavy atom. The number of piperidine rings is 2. The van der Waals surface area contributed by atoms with E-state index < -0.39 is 0 Å². The zero-order chi connectivity index (χ0) is 13.2. The molecule has 0 saturated carbocycles. The topological polar surface area (TPSA) is 18.5 Å². The van der Waals surface area contributed by atoms with Crippen molar-refractivity contribution in [3.63, 3.8) is 0 Å². The Kier molecular flexibility index (Phi) is 4.40. The molecule has 4 aliphatic rings. The molecule has 3 unspecified atom stereocenters. The lowest BCUT2D eigenvalue weighted by Crippen LogP contribution is -2.54. The van der Waals surface area contributed by atoms with Gasteiger partial charge in [-0.3, -0.25) is 9.80 Å². The fraction of sp³-hybridized carbons (Fsp3) is 1.00. The van der Waals surface area contributed by atoms with Crippen molar-refractivity contribution < 1.29 is 4.39 Å². The van der Waals surface area contributed by atoms with Crippen molar-refractivity contribution >= 4 is 0 Å². The van der Waals surface area contributed by atoms with Crippen LogP contribution in [0.2, 0.25) is 0 Å². The molecular weight excluding hydrogens is 241 g/mol. The van der Waals surface area contributed by atoms with Crippen molar-refractivity contribution in [3.05, 3.63) is 0 Å². The molecule has 0 radical (unpaired) electrons. The molecule has 3 nitrogen and oxygen atoms in total. The fourth-order valence-electron chi connectivity index (χ4n) is 4.18. The first-order valence-electron chi connectivity index (χ1n) is 8.04. The number of nitrogens with one attached hydrogen (secondary N) is 1. The lowest BCUT2D eigenvalue weighted by Gasteiger charge is -2.45. The van der Waals surface area contributed by atoms with Crippen LogP contribution in [-0.2, 0) is 0 Å². The summed E-state index contributed by atoms with van der Waals surface area (Å²) in [6.45, 7) is 7.65. The van der Waals surface area contributed by atoms with Crippen molar-refractivity contribution in [1.82, 2.24) is 15.1 Å². The molecule has 4 fully saturated rings. The van der Waals surface area contributed by atoms with Crippen molar-refractivity contribution in [3.8, 4) is 0 Å². The van der Waals surface area contributed by atoms with Gasteiger partial charge < -0.3 is 5.32 Å². The lowest BCUT2D eigenvalue weighted by molar-refractivity contribution is 0.0322. The van der Waals surface area contributed by atoms with Crippen LogP contribution in [0.3, 0.4) is 0 Å². The molecule has 0 aromatic carbocycles. The van der Waals surface area contributed by atoms with E-state index in [9.17, 15) is 4.39 Å². The number of halogens is 1. The maximum absolute atomic E-state index is 12.7. The normalized spacial score (nSPS) is 36.3. The van der Waals surface area contributed by atoms with E-state index in [0.29, 0.717) is 0 Å². The molecule has 0 spiro atoms. The number of alkyl halides is 1. The Labute approximate surface area is 116 Å². The Morgan fingerprint density at radius 3 is 2.63 bits per heavy atom. The van der Waals surface area contributed by atoms with E-state index >= 15 is 0 Å². The van der Waals surface area contributed by atoms with Gasteiger partial charge in [0, 0.05) is 44.3 Å². The zero-order valence-corrected chi connectivity index (χ0v) is 12.2. The molecule has 19 heavy (non-hydrogen) atoms. The molecule has 3 atom stereocenters. The second-order valence-corrected chi connectivity index (χ2v) is 6.72. The van der Waals surface area contributed by atoms with Gasteiger partial charge in [-0.2, -0.15) is 0 Å². The number of fused-ring (bicyclic) bond motifs is 4. The average Bonchev–Trinajstić information content (AvgIpc) is 2.82. The molecule has 0 aromatic heterocycles. The molecule has 110 valence electrons. The van der Waals surface area contributed by atoms with E-state index in [1.54, 1.807) is 0 Å². The maximum atomic E-state index is 12.7. The van der Waals surface area contributed by atoms with Gasteiger partial charge in [0.15, 0.2) is 0 Å². The number of hydrogen-bond acceptors (Lipinski definition) is 3. The summed E-state index contributed by atoms with van der Waals surface area (Å²) in [7, 11) is 0. The Bertz CT molecular complexity index is 287. The Morgan fingerprint density at radius 1 is 1.11 bits per heavy atom. The van der Waals surface area contributed by atoms with E-state index in [2.05, 4.69) is 15.1 Å². The highest BCUT2D eigenvalue weighted by Crippen LogP contribution is 2.30. The molecule has 2 bridgehead atoms. The molecular formula is C15H28FN3. The molecule has 0 aromatic rings. The predicted molar refractivity (Wildman–Crippen MR) is 76.1 cm³/mol. The Balaban J connectivity index is 1.56. The molecule has 4 rings (SSSR count). The molecule has 0 amide bonds. The van der Waals surface area contributed by atoms with E-state index in [-0.39, 0.29) is 12.7 Å². The van der Waals surface area contributed by atoms with E-state index in [0.717, 1.165) is 31.1 Å². The van der Waals surface area contributed by atoms with Crippen molar-refractivity contribution in [1.29, 1.82) is 0 Å². The molecule has 4 heteroatoms. The summed E-state index contributed by atoms with van der Waals surface area (Å²) in [4.78, 5) is 5.11. The summed E-state index contributed by atoms with van der Waals surface area (Å²) >= 11 is 0. The quantitative estimate of drug-likeness (QED) is 0.837. The van der Waals surface area contributed by atoms with Crippen LogP contribution in [0.25, 0.3) is 0 Å². The van der Waals surface area contributed by atoms with Crippen LogP contribution >= 0.6 is 0 Å². The molecule has 1 N–H and O–H groups in total. The summed E-state index contributed by atoms with van der Waals surface area (Å²) in [6, 6.07) is 1.62. The third-order valence-corrected chi connectivity index (χ3v) is 5.47. The van der Waals surface area contributed by atoms with E-state index in [1.165, 1.54) is 45.3 Å². The van der Waals surface area contributed by atoms with Crippen LogP contribution in [0.1, 0.15) is 32.6 Å². The number of rotatable bonds is 3. The van der Waals surface area contributed by atoms with Gasteiger partial charge in [0.25, 0.3) is 0 Å². The summed E-state index contributed by atoms with van der Waals surface area (Å²) in [5, 5.41) is 3.61. The van der Waals surface area contributed by atoms with Crippen LogP contribution in [0.15, 0.2) is 0 Å². The van der Waals surface area contributed by atoms with Crippen molar-refractivity contribution in [2.24, 2.45) is 5.92 Å². The van der Waals surface area contributed by atoms with Crippen molar-refractivity contribution in [2.45, 2.75) is 50.7 Å². The second kappa shape index (κ2) is 6.06. The SMILES string of the molecule is CC(CF)N1CCC(N2CC3CCC2CNC3)CC1. The van der Waals surface area contributed by atoms with Crippen LogP contribution < -0.4 is 5.32 Å². The largest absolute Gasteiger partial charge is 0.315 e. The van der Waals surface area contributed by atoms with E-state index in [4.69, 9.17) is 0 Å².